The highest BCUT2D eigenvalue weighted by Gasteiger charge is 2.54. The first-order chi connectivity index (χ1) is 14.5. The lowest BCUT2D eigenvalue weighted by Crippen LogP contribution is -2.56. The van der Waals surface area contributed by atoms with Crippen LogP contribution in [-0.4, -0.2) is 11.9 Å². The summed E-state index contributed by atoms with van der Waals surface area (Å²) in [5.41, 5.74) is 1.29. The van der Waals surface area contributed by atoms with Gasteiger partial charge in [-0.05, 0) is 104 Å². The van der Waals surface area contributed by atoms with Crippen LogP contribution in [0.25, 0.3) is 0 Å². The minimum Gasteiger partial charge on any atom is -0.489 e. The molecule has 0 saturated heterocycles. The third kappa shape index (κ3) is 3.89. The van der Waals surface area contributed by atoms with Gasteiger partial charge in [-0.25, -0.2) is 4.39 Å². The molecule has 0 spiro atoms. The maximum absolute atomic E-state index is 13.0. The fourth-order valence-corrected chi connectivity index (χ4v) is 7.59. The minimum absolute atomic E-state index is 0.0515. The molecule has 1 aromatic heterocycles. The SMILES string of the molecule is CCC(NC(=O)c1cc(COc2ccc(F)cc2)cs1)C12CC3CC(CC(C3)C1)C2. The highest BCUT2D eigenvalue weighted by atomic mass is 32.1. The molecule has 160 valence electrons. The Hall–Kier alpha value is -1.88. The maximum Gasteiger partial charge on any atom is 0.261 e. The van der Waals surface area contributed by atoms with E-state index in [-0.39, 0.29) is 17.8 Å². The number of thiophene rings is 1. The Morgan fingerprint density at radius 3 is 2.40 bits per heavy atom. The summed E-state index contributed by atoms with van der Waals surface area (Å²) in [7, 11) is 0. The lowest BCUT2D eigenvalue weighted by molar-refractivity contribution is -0.0727. The molecule has 4 aliphatic carbocycles. The van der Waals surface area contributed by atoms with Gasteiger partial charge in [-0.3, -0.25) is 4.79 Å². The molecule has 4 aliphatic rings. The maximum atomic E-state index is 13.0. The fraction of sp³-hybridized carbons (Fsp3) is 0.560. The van der Waals surface area contributed by atoms with E-state index in [1.54, 1.807) is 12.1 Å². The Bertz CT molecular complexity index is 871. The average Bonchev–Trinajstić information content (AvgIpc) is 3.19. The quantitative estimate of drug-likeness (QED) is 0.572. The summed E-state index contributed by atoms with van der Waals surface area (Å²) in [4.78, 5) is 13.8. The van der Waals surface area contributed by atoms with Gasteiger partial charge in [-0.2, -0.15) is 0 Å². The molecule has 0 radical (unpaired) electrons. The molecule has 4 saturated carbocycles. The van der Waals surface area contributed by atoms with Crippen molar-refractivity contribution in [1.29, 1.82) is 0 Å². The highest BCUT2D eigenvalue weighted by molar-refractivity contribution is 7.12. The lowest BCUT2D eigenvalue weighted by Gasteiger charge is -2.59. The lowest BCUT2D eigenvalue weighted by atomic mass is 9.47. The van der Waals surface area contributed by atoms with E-state index in [0.717, 1.165) is 34.6 Å². The number of halogens is 1. The average molecular weight is 428 g/mol. The largest absolute Gasteiger partial charge is 0.489 e. The second kappa shape index (κ2) is 7.99. The number of benzene rings is 1. The first kappa shape index (κ1) is 20.0. The number of ether oxygens (including phenoxy) is 1. The van der Waals surface area contributed by atoms with E-state index in [2.05, 4.69) is 12.2 Å². The predicted octanol–water partition coefficient (Wildman–Crippen LogP) is 6.19. The molecule has 30 heavy (non-hydrogen) atoms. The Balaban J connectivity index is 1.22. The molecule has 2 aromatic rings. The molecule has 3 nitrogen and oxygen atoms in total. The predicted molar refractivity (Wildman–Crippen MR) is 117 cm³/mol. The topological polar surface area (TPSA) is 38.3 Å². The summed E-state index contributed by atoms with van der Waals surface area (Å²) in [6.45, 7) is 2.60. The third-order valence-corrected chi connectivity index (χ3v) is 8.61. The smallest absolute Gasteiger partial charge is 0.261 e. The molecule has 1 aromatic carbocycles. The molecule has 1 atom stereocenters. The van der Waals surface area contributed by atoms with Gasteiger partial charge in [0.05, 0.1) is 4.88 Å². The number of hydrogen-bond donors (Lipinski definition) is 1. The molecule has 4 bridgehead atoms. The standard InChI is InChI=1S/C25H30FNO2S/c1-2-23(25-11-16-7-17(12-25)9-18(8-16)13-25)27-24(28)22-10-19(15-30-22)14-29-21-5-3-20(26)4-6-21/h3-6,10,15-18,23H,2,7-9,11-14H2,1H3,(H,27,28). The van der Waals surface area contributed by atoms with E-state index in [1.165, 1.54) is 62.0 Å². The van der Waals surface area contributed by atoms with Crippen molar-refractivity contribution in [2.45, 2.75) is 64.5 Å². The molecule has 0 aliphatic heterocycles. The summed E-state index contributed by atoms with van der Waals surface area (Å²) in [5.74, 6) is 3.07. The number of rotatable bonds is 7. The number of amides is 1. The first-order valence-corrected chi connectivity index (χ1v) is 12.2. The van der Waals surface area contributed by atoms with Gasteiger partial charge >= 0.3 is 0 Å². The minimum atomic E-state index is -0.277. The van der Waals surface area contributed by atoms with E-state index in [9.17, 15) is 9.18 Å². The third-order valence-electron chi connectivity index (χ3n) is 7.64. The van der Waals surface area contributed by atoms with E-state index < -0.39 is 0 Å². The number of nitrogens with one attached hydrogen (secondary N) is 1. The Kier molecular flexibility index (Phi) is 5.34. The molecule has 4 fully saturated rings. The van der Waals surface area contributed by atoms with Crippen molar-refractivity contribution in [2.75, 3.05) is 0 Å². The van der Waals surface area contributed by atoms with Crippen molar-refractivity contribution >= 4 is 17.2 Å². The van der Waals surface area contributed by atoms with Crippen molar-refractivity contribution in [3.8, 4) is 5.75 Å². The zero-order chi connectivity index (χ0) is 20.7. The van der Waals surface area contributed by atoms with Crippen LogP contribution in [0.15, 0.2) is 35.7 Å². The van der Waals surface area contributed by atoms with Crippen LogP contribution in [0.5, 0.6) is 5.75 Å². The van der Waals surface area contributed by atoms with Gasteiger partial charge in [0.1, 0.15) is 18.2 Å². The van der Waals surface area contributed by atoms with Crippen LogP contribution in [0.3, 0.4) is 0 Å². The molecule has 1 heterocycles. The summed E-state index contributed by atoms with van der Waals surface area (Å²) in [5, 5.41) is 5.40. The van der Waals surface area contributed by atoms with Gasteiger partial charge in [0.2, 0.25) is 0 Å². The van der Waals surface area contributed by atoms with Crippen LogP contribution < -0.4 is 10.1 Å². The van der Waals surface area contributed by atoms with Gasteiger partial charge in [-0.1, -0.05) is 6.92 Å². The number of carbonyl (C=O) groups excluding carboxylic acids is 1. The van der Waals surface area contributed by atoms with Crippen LogP contribution in [0.1, 0.15) is 67.1 Å². The van der Waals surface area contributed by atoms with Crippen molar-refractivity contribution in [1.82, 2.24) is 5.32 Å². The van der Waals surface area contributed by atoms with E-state index in [1.807, 2.05) is 11.4 Å². The molecule has 6 rings (SSSR count). The number of carbonyl (C=O) groups is 1. The van der Waals surface area contributed by atoms with Gasteiger partial charge < -0.3 is 10.1 Å². The van der Waals surface area contributed by atoms with E-state index >= 15 is 0 Å². The normalized spacial score (nSPS) is 30.3. The van der Waals surface area contributed by atoms with Gasteiger partial charge in [-0.15, -0.1) is 11.3 Å². The van der Waals surface area contributed by atoms with Crippen molar-refractivity contribution in [3.63, 3.8) is 0 Å². The molecule has 1 N–H and O–H groups in total. The zero-order valence-electron chi connectivity index (χ0n) is 17.5. The fourth-order valence-electron chi connectivity index (χ4n) is 6.79. The van der Waals surface area contributed by atoms with Crippen molar-refractivity contribution < 1.29 is 13.9 Å². The van der Waals surface area contributed by atoms with E-state index in [0.29, 0.717) is 17.8 Å². The van der Waals surface area contributed by atoms with Gasteiger partial charge in [0.15, 0.2) is 0 Å². The van der Waals surface area contributed by atoms with Gasteiger partial charge in [0, 0.05) is 11.6 Å². The molecule has 1 unspecified atom stereocenters. The monoisotopic (exact) mass is 427 g/mol. The van der Waals surface area contributed by atoms with Crippen LogP contribution in [0.4, 0.5) is 4.39 Å². The molecular formula is C25H30FNO2S. The van der Waals surface area contributed by atoms with Crippen molar-refractivity contribution in [2.24, 2.45) is 23.2 Å². The second-order valence-corrected chi connectivity index (χ2v) is 10.7. The molecule has 5 heteroatoms. The second-order valence-electron chi connectivity index (χ2n) is 9.78. The van der Waals surface area contributed by atoms with Crippen LogP contribution in [0.2, 0.25) is 0 Å². The van der Waals surface area contributed by atoms with Crippen LogP contribution in [-0.2, 0) is 6.61 Å². The number of hydrogen-bond acceptors (Lipinski definition) is 3. The molecular weight excluding hydrogens is 397 g/mol. The summed E-state index contributed by atoms with van der Waals surface area (Å²) >= 11 is 1.47. The van der Waals surface area contributed by atoms with Gasteiger partial charge in [0.25, 0.3) is 5.91 Å². The van der Waals surface area contributed by atoms with Crippen molar-refractivity contribution in [3.05, 3.63) is 52.0 Å². The highest BCUT2D eigenvalue weighted by Crippen LogP contribution is 2.61. The van der Waals surface area contributed by atoms with E-state index in [4.69, 9.17) is 4.74 Å². The molecule has 1 amide bonds. The summed E-state index contributed by atoms with van der Waals surface area (Å²) < 4.78 is 18.7. The Morgan fingerprint density at radius 1 is 1.17 bits per heavy atom. The van der Waals surface area contributed by atoms with Crippen LogP contribution in [0, 0.1) is 29.0 Å². The summed E-state index contributed by atoms with van der Waals surface area (Å²) in [6, 6.07) is 8.21. The Morgan fingerprint density at radius 2 is 1.80 bits per heavy atom. The summed E-state index contributed by atoms with van der Waals surface area (Å²) in [6.07, 6.45) is 9.19. The van der Waals surface area contributed by atoms with Crippen LogP contribution >= 0.6 is 11.3 Å². The zero-order valence-corrected chi connectivity index (χ0v) is 18.3. The Labute approximate surface area is 182 Å². The first-order valence-electron chi connectivity index (χ1n) is 11.3.